The second-order valence-electron chi connectivity index (χ2n) is 2.41. The molecule has 0 unspecified atom stereocenters. The average Bonchev–Trinajstić information content (AvgIpc) is 2.03. The van der Waals surface area contributed by atoms with Crippen LogP contribution in [0.15, 0.2) is 18.2 Å². The molecule has 4 heteroatoms. The Balaban J connectivity index is 3.21. The van der Waals surface area contributed by atoms with E-state index in [1.54, 1.807) is 19.1 Å². The summed E-state index contributed by atoms with van der Waals surface area (Å²) in [6.07, 6.45) is 0. The highest BCUT2D eigenvalue weighted by Crippen LogP contribution is 2.19. The second-order valence-corrected chi connectivity index (χ2v) is 2.41. The van der Waals surface area contributed by atoms with Gasteiger partial charge < -0.3 is 5.11 Å². The van der Waals surface area contributed by atoms with Gasteiger partial charge in [-0.25, -0.2) is 5.48 Å². The maximum Gasteiger partial charge on any atom is 0.278 e. The van der Waals surface area contributed by atoms with Gasteiger partial charge >= 0.3 is 0 Å². The summed E-state index contributed by atoms with van der Waals surface area (Å²) in [5, 5.41) is 17.5. The first kappa shape index (κ1) is 8.55. The van der Waals surface area contributed by atoms with Crippen molar-refractivity contribution in [2.45, 2.75) is 6.92 Å². The van der Waals surface area contributed by atoms with Crippen molar-refractivity contribution >= 4 is 5.91 Å². The third-order valence-electron chi connectivity index (χ3n) is 1.58. The molecule has 1 rings (SSSR count). The molecule has 1 aromatic carbocycles. The highest BCUT2D eigenvalue weighted by atomic mass is 16.5. The van der Waals surface area contributed by atoms with E-state index >= 15 is 0 Å². The number of phenolic OH excluding ortho intramolecular Hbond substituents is 1. The molecule has 0 saturated carbocycles. The van der Waals surface area contributed by atoms with E-state index in [9.17, 15) is 9.90 Å². The lowest BCUT2D eigenvalue weighted by Gasteiger charge is -2.04. The summed E-state index contributed by atoms with van der Waals surface area (Å²) in [6.45, 7) is 1.67. The quantitative estimate of drug-likeness (QED) is 0.428. The SMILES string of the molecule is Cc1cccc(O)c1C(=O)NO. The van der Waals surface area contributed by atoms with Crippen LogP contribution in [-0.4, -0.2) is 16.2 Å². The largest absolute Gasteiger partial charge is 0.507 e. The maximum absolute atomic E-state index is 10.9. The zero-order valence-corrected chi connectivity index (χ0v) is 6.53. The molecule has 0 saturated heterocycles. The maximum atomic E-state index is 10.9. The van der Waals surface area contributed by atoms with E-state index in [2.05, 4.69) is 0 Å². The number of phenols is 1. The Morgan fingerprint density at radius 1 is 1.50 bits per heavy atom. The van der Waals surface area contributed by atoms with E-state index in [0.29, 0.717) is 5.56 Å². The molecule has 3 N–H and O–H groups in total. The fraction of sp³-hybridized carbons (Fsp3) is 0.125. The van der Waals surface area contributed by atoms with Gasteiger partial charge in [0.25, 0.3) is 5.91 Å². The molecule has 1 aromatic rings. The molecule has 0 aliphatic heterocycles. The number of benzene rings is 1. The summed E-state index contributed by atoms with van der Waals surface area (Å²) >= 11 is 0. The molecule has 0 aliphatic carbocycles. The molecule has 0 radical (unpaired) electrons. The van der Waals surface area contributed by atoms with E-state index in [0.717, 1.165) is 0 Å². The smallest absolute Gasteiger partial charge is 0.278 e. The fourth-order valence-electron chi connectivity index (χ4n) is 1.00. The summed E-state index contributed by atoms with van der Waals surface area (Å²) in [5.74, 6) is -0.841. The molecule has 0 aliphatic rings. The number of amides is 1. The van der Waals surface area contributed by atoms with Crippen LogP contribution in [0.25, 0.3) is 0 Å². The third kappa shape index (κ3) is 1.38. The van der Waals surface area contributed by atoms with Crippen LogP contribution in [0.4, 0.5) is 0 Å². The minimum atomic E-state index is -0.703. The average molecular weight is 167 g/mol. The highest BCUT2D eigenvalue weighted by molar-refractivity contribution is 5.97. The van der Waals surface area contributed by atoms with Gasteiger partial charge in [0, 0.05) is 0 Å². The predicted octanol–water partition coefficient (Wildman–Crippen LogP) is 0.820. The normalized spacial score (nSPS) is 9.50. The van der Waals surface area contributed by atoms with Crippen LogP contribution in [0, 0.1) is 6.92 Å². The Labute approximate surface area is 69.4 Å². The van der Waals surface area contributed by atoms with Crippen molar-refractivity contribution in [1.29, 1.82) is 0 Å². The van der Waals surface area contributed by atoms with E-state index in [1.165, 1.54) is 11.5 Å². The van der Waals surface area contributed by atoms with Crippen molar-refractivity contribution in [1.82, 2.24) is 5.48 Å². The van der Waals surface area contributed by atoms with Crippen LogP contribution in [-0.2, 0) is 0 Å². The van der Waals surface area contributed by atoms with Crippen molar-refractivity contribution in [3.05, 3.63) is 29.3 Å². The van der Waals surface area contributed by atoms with E-state index < -0.39 is 5.91 Å². The Morgan fingerprint density at radius 2 is 2.17 bits per heavy atom. The van der Waals surface area contributed by atoms with E-state index in [4.69, 9.17) is 5.21 Å². The number of hydrogen-bond acceptors (Lipinski definition) is 3. The number of hydroxylamine groups is 1. The summed E-state index contributed by atoms with van der Waals surface area (Å²) in [6, 6.07) is 4.68. The van der Waals surface area contributed by atoms with Crippen LogP contribution in [0.2, 0.25) is 0 Å². The first-order valence-corrected chi connectivity index (χ1v) is 3.40. The zero-order valence-electron chi connectivity index (χ0n) is 6.53. The van der Waals surface area contributed by atoms with Gasteiger partial charge in [-0.1, -0.05) is 12.1 Å². The fourth-order valence-corrected chi connectivity index (χ4v) is 1.00. The second kappa shape index (κ2) is 3.23. The summed E-state index contributed by atoms with van der Waals surface area (Å²) < 4.78 is 0. The lowest BCUT2D eigenvalue weighted by atomic mass is 10.1. The predicted molar refractivity (Wildman–Crippen MR) is 42.1 cm³/mol. The number of aryl methyl sites for hydroxylation is 1. The molecule has 1 amide bonds. The molecular weight excluding hydrogens is 158 g/mol. The number of nitrogens with one attached hydrogen (secondary N) is 1. The monoisotopic (exact) mass is 167 g/mol. The lowest BCUT2D eigenvalue weighted by Crippen LogP contribution is -2.19. The Kier molecular flexibility index (Phi) is 2.30. The van der Waals surface area contributed by atoms with Crippen molar-refractivity contribution in [3.8, 4) is 5.75 Å². The molecule has 4 nitrogen and oxygen atoms in total. The van der Waals surface area contributed by atoms with Crippen molar-refractivity contribution < 1.29 is 15.1 Å². The minimum absolute atomic E-state index is 0.0972. The van der Waals surface area contributed by atoms with Crippen molar-refractivity contribution in [3.63, 3.8) is 0 Å². The van der Waals surface area contributed by atoms with E-state index in [-0.39, 0.29) is 11.3 Å². The van der Waals surface area contributed by atoms with Crippen LogP contribution in [0.3, 0.4) is 0 Å². The van der Waals surface area contributed by atoms with Gasteiger partial charge in [-0.2, -0.15) is 0 Å². The highest BCUT2D eigenvalue weighted by Gasteiger charge is 2.11. The molecule has 0 fully saturated rings. The van der Waals surface area contributed by atoms with Crippen molar-refractivity contribution in [2.24, 2.45) is 0 Å². The van der Waals surface area contributed by atoms with Gasteiger partial charge in [0.1, 0.15) is 5.75 Å². The number of hydrogen-bond donors (Lipinski definition) is 3. The summed E-state index contributed by atoms with van der Waals surface area (Å²) in [4.78, 5) is 10.9. The van der Waals surface area contributed by atoms with Crippen LogP contribution in [0.1, 0.15) is 15.9 Å². The Morgan fingerprint density at radius 3 is 2.67 bits per heavy atom. The standard InChI is InChI=1S/C8H9NO3/c1-5-3-2-4-6(10)7(5)8(11)9-12/h2-4,10,12H,1H3,(H,9,11). The summed E-state index contributed by atoms with van der Waals surface area (Å²) in [7, 11) is 0. The van der Waals surface area contributed by atoms with Gasteiger partial charge in [0.15, 0.2) is 0 Å². The van der Waals surface area contributed by atoms with E-state index in [1.807, 2.05) is 0 Å². The molecule has 12 heavy (non-hydrogen) atoms. The Bertz CT molecular complexity index is 289. The molecule has 64 valence electrons. The minimum Gasteiger partial charge on any atom is -0.507 e. The molecule has 0 heterocycles. The number of carbonyl (C=O) groups is 1. The van der Waals surface area contributed by atoms with Crippen LogP contribution < -0.4 is 5.48 Å². The van der Waals surface area contributed by atoms with Crippen LogP contribution in [0.5, 0.6) is 5.75 Å². The topological polar surface area (TPSA) is 69.6 Å². The zero-order chi connectivity index (χ0) is 9.14. The summed E-state index contributed by atoms with van der Waals surface area (Å²) in [5.41, 5.74) is 2.17. The van der Waals surface area contributed by atoms with Gasteiger partial charge in [-0.3, -0.25) is 10.0 Å². The van der Waals surface area contributed by atoms with Crippen molar-refractivity contribution in [2.75, 3.05) is 0 Å². The number of aromatic hydroxyl groups is 1. The molecular formula is C8H9NO3. The van der Waals surface area contributed by atoms with Crippen LogP contribution >= 0.6 is 0 Å². The Hall–Kier alpha value is -1.55. The van der Waals surface area contributed by atoms with Gasteiger partial charge in [-0.15, -0.1) is 0 Å². The first-order chi connectivity index (χ1) is 5.66. The lowest BCUT2D eigenvalue weighted by molar-refractivity contribution is 0.0702. The number of rotatable bonds is 1. The molecule has 0 bridgehead atoms. The van der Waals surface area contributed by atoms with Gasteiger partial charge in [0.2, 0.25) is 0 Å². The van der Waals surface area contributed by atoms with Gasteiger partial charge in [-0.05, 0) is 18.6 Å². The molecule has 0 spiro atoms. The molecule has 0 aromatic heterocycles. The van der Waals surface area contributed by atoms with Gasteiger partial charge in [0.05, 0.1) is 5.56 Å². The molecule has 0 atom stereocenters. The first-order valence-electron chi connectivity index (χ1n) is 3.40. The number of carbonyl (C=O) groups excluding carboxylic acids is 1. The third-order valence-corrected chi connectivity index (χ3v) is 1.58.